The molecule has 1 atom stereocenters. The summed E-state index contributed by atoms with van der Waals surface area (Å²) in [6.07, 6.45) is 6.64. The van der Waals surface area contributed by atoms with Crippen LogP contribution in [0.5, 0.6) is 0 Å². The average molecular weight is 259 g/mol. The van der Waals surface area contributed by atoms with Gasteiger partial charge >= 0.3 is 0 Å². The van der Waals surface area contributed by atoms with Crippen molar-refractivity contribution in [2.24, 2.45) is 0 Å². The van der Waals surface area contributed by atoms with Gasteiger partial charge in [0.25, 0.3) is 0 Å². The van der Waals surface area contributed by atoms with Gasteiger partial charge in [-0.1, -0.05) is 24.4 Å². The third-order valence-electron chi connectivity index (χ3n) is 3.06. The van der Waals surface area contributed by atoms with Crippen LogP contribution in [0, 0.1) is 0 Å². The molecule has 88 valence electrons. The summed E-state index contributed by atoms with van der Waals surface area (Å²) in [6.45, 7) is 1.05. The quantitative estimate of drug-likeness (QED) is 0.752. The molecule has 1 saturated heterocycles. The first-order valence-corrected chi connectivity index (χ1v) is 6.66. The largest absolute Gasteiger partial charge is 0.352 e. The highest BCUT2D eigenvalue weighted by atomic mass is 35.5. The number of hydrogen-bond acceptors (Lipinski definition) is 2. The molecule has 1 aromatic heterocycles. The minimum atomic E-state index is 0.415. The van der Waals surface area contributed by atoms with Crippen LogP contribution in [-0.2, 0) is 0 Å². The van der Waals surface area contributed by atoms with E-state index in [1.54, 1.807) is 6.20 Å². The predicted molar refractivity (Wildman–Crippen MR) is 69.6 cm³/mol. The normalized spacial score (nSPS) is 21.9. The molecule has 0 aromatic carbocycles. The molecule has 2 nitrogen and oxygen atoms in total. The molecule has 4 heteroatoms. The Hall–Kier alpha value is -0.470. The Kier molecular flexibility index (Phi) is 4.30. The van der Waals surface area contributed by atoms with Gasteiger partial charge in [-0.3, -0.25) is 0 Å². The molecule has 1 aromatic rings. The molecule has 0 amide bonds. The summed E-state index contributed by atoms with van der Waals surface area (Å²) in [5, 5.41) is 0.681. The van der Waals surface area contributed by atoms with Crippen molar-refractivity contribution < 1.29 is 0 Å². The van der Waals surface area contributed by atoms with E-state index < -0.39 is 0 Å². The van der Waals surface area contributed by atoms with E-state index >= 15 is 0 Å². The molecule has 1 aliphatic heterocycles. The molecule has 1 aliphatic rings. The van der Waals surface area contributed by atoms with E-state index in [-0.39, 0.29) is 0 Å². The number of anilines is 1. The van der Waals surface area contributed by atoms with Crippen LogP contribution in [0.2, 0.25) is 5.02 Å². The van der Waals surface area contributed by atoms with Crippen LogP contribution >= 0.6 is 23.2 Å². The zero-order chi connectivity index (χ0) is 11.4. The summed E-state index contributed by atoms with van der Waals surface area (Å²) in [6, 6.07) is 4.28. The molecule has 1 fully saturated rings. The molecule has 2 rings (SSSR count). The SMILES string of the molecule is ClCC1CCCCCN1c1ccc(Cl)cn1. The van der Waals surface area contributed by atoms with Crippen molar-refractivity contribution in [2.75, 3.05) is 17.3 Å². The van der Waals surface area contributed by atoms with E-state index in [0.717, 1.165) is 18.8 Å². The molecular formula is C12H16Cl2N2. The van der Waals surface area contributed by atoms with Crippen LogP contribution in [0.1, 0.15) is 25.7 Å². The van der Waals surface area contributed by atoms with Crippen LogP contribution in [0.15, 0.2) is 18.3 Å². The smallest absolute Gasteiger partial charge is 0.128 e. The highest BCUT2D eigenvalue weighted by Crippen LogP contribution is 2.24. The lowest BCUT2D eigenvalue weighted by molar-refractivity contribution is 0.616. The van der Waals surface area contributed by atoms with E-state index in [9.17, 15) is 0 Å². The first-order chi connectivity index (χ1) is 7.81. The van der Waals surface area contributed by atoms with Crippen molar-refractivity contribution >= 4 is 29.0 Å². The van der Waals surface area contributed by atoms with Gasteiger partial charge in [-0.05, 0) is 25.0 Å². The van der Waals surface area contributed by atoms with Crippen LogP contribution in [0.25, 0.3) is 0 Å². The Labute approximate surface area is 107 Å². The first-order valence-electron chi connectivity index (χ1n) is 5.75. The second-order valence-electron chi connectivity index (χ2n) is 4.19. The number of hydrogen-bond donors (Lipinski definition) is 0. The van der Waals surface area contributed by atoms with Crippen LogP contribution < -0.4 is 4.90 Å². The first kappa shape index (κ1) is 12.0. The number of pyridine rings is 1. The summed E-state index contributed by atoms with van der Waals surface area (Å²) >= 11 is 11.9. The van der Waals surface area contributed by atoms with Gasteiger partial charge in [0.1, 0.15) is 5.82 Å². The van der Waals surface area contributed by atoms with Gasteiger partial charge in [-0.25, -0.2) is 4.98 Å². The van der Waals surface area contributed by atoms with E-state index in [1.807, 2.05) is 12.1 Å². The highest BCUT2D eigenvalue weighted by Gasteiger charge is 2.21. The number of halogens is 2. The Morgan fingerprint density at radius 1 is 1.31 bits per heavy atom. The third-order valence-corrected chi connectivity index (χ3v) is 3.64. The molecule has 16 heavy (non-hydrogen) atoms. The number of alkyl halides is 1. The average Bonchev–Trinajstić information content (AvgIpc) is 2.55. The van der Waals surface area contributed by atoms with Crippen molar-refractivity contribution in [3.63, 3.8) is 0 Å². The van der Waals surface area contributed by atoms with Crippen molar-refractivity contribution in [3.05, 3.63) is 23.4 Å². The number of rotatable bonds is 2. The van der Waals surface area contributed by atoms with Gasteiger partial charge in [0.15, 0.2) is 0 Å². The van der Waals surface area contributed by atoms with Gasteiger partial charge < -0.3 is 4.90 Å². The molecule has 1 unspecified atom stereocenters. The Morgan fingerprint density at radius 2 is 2.19 bits per heavy atom. The molecule has 0 aliphatic carbocycles. The molecule has 0 saturated carbocycles. The van der Waals surface area contributed by atoms with Gasteiger partial charge in [-0.15, -0.1) is 11.6 Å². The predicted octanol–water partition coefficient (Wildman–Crippen LogP) is 3.72. The van der Waals surface area contributed by atoms with Crippen LogP contribution in [-0.4, -0.2) is 23.5 Å². The zero-order valence-electron chi connectivity index (χ0n) is 9.20. The lowest BCUT2D eigenvalue weighted by atomic mass is 10.1. The lowest BCUT2D eigenvalue weighted by Gasteiger charge is -2.29. The maximum Gasteiger partial charge on any atom is 0.128 e. The van der Waals surface area contributed by atoms with Crippen LogP contribution in [0.4, 0.5) is 5.82 Å². The fourth-order valence-corrected chi connectivity index (χ4v) is 2.61. The summed E-state index contributed by atoms with van der Waals surface area (Å²) in [5.41, 5.74) is 0. The van der Waals surface area contributed by atoms with Crippen molar-refractivity contribution in [2.45, 2.75) is 31.7 Å². The maximum atomic E-state index is 6.03. The van der Waals surface area contributed by atoms with Crippen molar-refractivity contribution in [1.82, 2.24) is 4.98 Å². The van der Waals surface area contributed by atoms with Crippen LogP contribution in [0.3, 0.4) is 0 Å². The topological polar surface area (TPSA) is 16.1 Å². The fraction of sp³-hybridized carbons (Fsp3) is 0.583. The summed E-state index contributed by atoms with van der Waals surface area (Å²) in [7, 11) is 0. The molecule has 0 radical (unpaired) electrons. The zero-order valence-corrected chi connectivity index (χ0v) is 10.7. The fourth-order valence-electron chi connectivity index (χ4n) is 2.18. The summed E-state index contributed by atoms with van der Waals surface area (Å²) < 4.78 is 0. The minimum absolute atomic E-state index is 0.415. The van der Waals surface area contributed by atoms with Crippen molar-refractivity contribution in [3.8, 4) is 0 Å². The lowest BCUT2D eigenvalue weighted by Crippen LogP contribution is -2.36. The Balaban J connectivity index is 2.18. The van der Waals surface area contributed by atoms with E-state index in [4.69, 9.17) is 23.2 Å². The van der Waals surface area contributed by atoms with E-state index in [0.29, 0.717) is 16.9 Å². The second kappa shape index (κ2) is 5.74. The molecule has 0 spiro atoms. The van der Waals surface area contributed by atoms with Crippen molar-refractivity contribution in [1.29, 1.82) is 0 Å². The minimum Gasteiger partial charge on any atom is -0.352 e. The van der Waals surface area contributed by atoms with Gasteiger partial charge in [0.2, 0.25) is 0 Å². The number of nitrogens with zero attached hydrogens (tertiary/aromatic N) is 2. The maximum absolute atomic E-state index is 6.03. The Morgan fingerprint density at radius 3 is 2.88 bits per heavy atom. The van der Waals surface area contributed by atoms with E-state index in [2.05, 4.69) is 9.88 Å². The van der Waals surface area contributed by atoms with Gasteiger partial charge in [-0.2, -0.15) is 0 Å². The van der Waals surface area contributed by atoms with E-state index in [1.165, 1.54) is 19.3 Å². The van der Waals surface area contributed by atoms with Gasteiger partial charge in [0.05, 0.1) is 5.02 Å². The Bertz CT molecular complexity index is 326. The molecule has 0 bridgehead atoms. The van der Waals surface area contributed by atoms with Gasteiger partial charge in [0, 0.05) is 24.7 Å². The highest BCUT2D eigenvalue weighted by molar-refractivity contribution is 6.30. The third kappa shape index (κ3) is 2.80. The molecule has 2 heterocycles. The number of aromatic nitrogens is 1. The molecular weight excluding hydrogens is 243 g/mol. The summed E-state index contributed by atoms with van der Waals surface area (Å²) in [5.74, 6) is 1.67. The second-order valence-corrected chi connectivity index (χ2v) is 4.93. The molecule has 0 N–H and O–H groups in total. The summed E-state index contributed by atoms with van der Waals surface area (Å²) in [4.78, 5) is 6.69. The monoisotopic (exact) mass is 258 g/mol. The standard InChI is InChI=1S/C12H16Cl2N2/c13-8-11-4-2-1-3-7-16(11)12-6-5-10(14)9-15-12/h5-6,9,11H,1-4,7-8H2.